The first kappa shape index (κ1) is 14.0. The summed E-state index contributed by atoms with van der Waals surface area (Å²) in [6.45, 7) is 5.95. The summed E-state index contributed by atoms with van der Waals surface area (Å²) in [6, 6.07) is 0. The fourth-order valence-electron chi connectivity index (χ4n) is 1.85. The lowest BCUT2D eigenvalue weighted by atomic mass is 9.96. The van der Waals surface area contributed by atoms with Gasteiger partial charge in [-0.15, -0.1) is 0 Å². The van der Waals surface area contributed by atoms with E-state index < -0.39 is 0 Å². The predicted molar refractivity (Wildman–Crippen MR) is 70.9 cm³/mol. The number of hydrogen-bond donors (Lipinski definition) is 2. The first-order chi connectivity index (χ1) is 7.93. The van der Waals surface area contributed by atoms with E-state index in [9.17, 15) is 4.79 Å². The third kappa shape index (κ3) is 2.61. The fourth-order valence-corrected chi connectivity index (χ4v) is 2.38. The number of amides is 1. The van der Waals surface area contributed by atoms with Gasteiger partial charge in [-0.1, -0.05) is 15.9 Å². The number of carbonyl (C=O) groups excluding carboxylic acids is 1. The van der Waals surface area contributed by atoms with Gasteiger partial charge in [-0.25, -0.2) is 5.84 Å². The van der Waals surface area contributed by atoms with Gasteiger partial charge in [0.25, 0.3) is 0 Å². The van der Waals surface area contributed by atoms with Gasteiger partial charge in [0.05, 0.1) is 13.5 Å². The molecule has 0 radical (unpaired) electrons. The van der Waals surface area contributed by atoms with E-state index in [1.54, 1.807) is 7.11 Å². The van der Waals surface area contributed by atoms with Crippen molar-refractivity contribution >= 4 is 21.8 Å². The second-order valence-corrected chi connectivity index (χ2v) is 4.74. The van der Waals surface area contributed by atoms with E-state index >= 15 is 0 Å². The van der Waals surface area contributed by atoms with E-state index in [4.69, 9.17) is 10.6 Å². The maximum atomic E-state index is 11.4. The van der Waals surface area contributed by atoms with Gasteiger partial charge in [0, 0.05) is 10.0 Å². The predicted octanol–water partition coefficient (Wildman–Crippen LogP) is 1.92. The van der Waals surface area contributed by atoms with Crippen LogP contribution in [0.4, 0.5) is 0 Å². The van der Waals surface area contributed by atoms with Crippen LogP contribution in [-0.4, -0.2) is 13.0 Å². The van der Waals surface area contributed by atoms with Crippen molar-refractivity contribution in [2.45, 2.75) is 27.2 Å². The number of methoxy groups -OCH3 is 1. The van der Waals surface area contributed by atoms with Crippen LogP contribution in [0.5, 0.6) is 5.75 Å². The number of nitrogens with two attached hydrogens (primary N) is 1. The highest BCUT2D eigenvalue weighted by atomic mass is 79.9. The zero-order valence-corrected chi connectivity index (χ0v) is 12.1. The van der Waals surface area contributed by atoms with E-state index in [1.165, 1.54) is 0 Å². The summed E-state index contributed by atoms with van der Waals surface area (Å²) in [5, 5.41) is 0. The topological polar surface area (TPSA) is 64.3 Å². The van der Waals surface area contributed by atoms with Gasteiger partial charge in [-0.3, -0.25) is 10.2 Å². The number of carbonyl (C=O) groups is 1. The minimum Gasteiger partial charge on any atom is -0.496 e. The van der Waals surface area contributed by atoms with Gasteiger partial charge in [0.2, 0.25) is 5.91 Å². The Morgan fingerprint density at radius 3 is 2.35 bits per heavy atom. The molecule has 1 amide bonds. The van der Waals surface area contributed by atoms with Crippen molar-refractivity contribution in [1.29, 1.82) is 0 Å². The Labute approximate surface area is 110 Å². The molecule has 0 fully saturated rings. The molecule has 0 aliphatic heterocycles. The van der Waals surface area contributed by atoms with Crippen LogP contribution in [0.1, 0.15) is 22.3 Å². The monoisotopic (exact) mass is 300 g/mol. The Bertz CT molecular complexity index is 459. The van der Waals surface area contributed by atoms with E-state index in [0.29, 0.717) is 0 Å². The first-order valence-electron chi connectivity index (χ1n) is 5.25. The highest BCUT2D eigenvalue weighted by Crippen LogP contribution is 2.36. The molecule has 0 aliphatic rings. The van der Waals surface area contributed by atoms with Crippen LogP contribution < -0.4 is 16.0 Å². The molecule has 0 aliphatic carbocycles. The average molecular weight is 301 g/mol. The molecule has 4 nitrogen and oxygen atoms in total. The summed E-state index contributed by atoms with van der Waals surface area (Å²) < 4.78 is 6.41. The minimum atomic E-state index is -0.235. The number of nitrogens with one attached hydrogen (secondary N) is 1. The van der Waals surface area contributed by atoms with Crippen LogP contribution in [0.2, 0.25) is 0 Å². The van der Waals surface area contributed by atoms with Crippen molar-refractivity contribution in [2.75, 3.05) is 7.11 Å². The molecule has 5 heteroatoms. The number of ether oxygens (including phenoxy) is 1. The number of hydrazine groups is 1. The highest BCUT2D eigenvalue weighted by Gasteiger charge is 2.18. The molecule has 0 saturated heterocycles. The molecular formula is C12H17BrN2O2. The lowest BCUT2D eigenvalue weighted by molar-refractivity contribution is -0.120. The van der Waals surface area contributed by atoms with E-state index in [2.05, 4.69) is 21.4 Å². The highest BCUT2D eigenvalue weighted by molar-refractivity contribution is 9.10. The molecule has 0 saturated carbocycles. The minimum absolute atomic E-state index is 0.214. The third-order valence-electron chi connectivity index (χ3n) is 2.99. The smallest absolute Gasteiger partial charge is 0.238 e. The zero-order chi connectivity index (χ0) is 13.2. The molecule has 0 bridgehead atoms. The number of rotatable bonds is 3. The second kappa shape index (κ2) is 5.51. The molecule has 0 aromatic heterocycles. The van der Waals surface area contributed by atoms with Crippen molar-refractivity contribution in [3.05, 3.63) is 26.7 Å². The Morgan fingerprint density at radius 1 is 1.29 bits per heavy atom. The molecule has 1 aromatic carbocycles. The van der Waals surface area contributed by atoms with Crippen LogP contribution in [0.3, 0.4) is 0 Å². The number of benzene rings is 1. The quantitative estimate of drug-likeness (QED) is 0.509. The summed E-state index contributed by atoms with van der Waals surface area (Å²) in [4.78, 5) is 11.4. The molecule has 0 heterocycles. The molecule has 3 N–H and O–H groups in total. The Morgan fingerprint density at radius 2 is 1.88 bits per heavy atom. The van der Waals surface area contributed by atoms with E-state index in [1.807, 2.05) is 20.8 Å². The van der Waals surface area contributed by atoms with Crippen molar-refractivity contribution < 1.29 is 9.53 Å². The molecule has 0 spiro atoms. The van der Waals surface area contributed by atoms with Crippen molar-refractivity contribution in [3.8, 4) is 5.75 Å². The van der Waals surface area contributed by atoms with Crippen LogP contribution in [0.15, 0.2) is 4.47 Å². The van der Waals surface area contributed by atoms with Gasteiger partial charge < -0.3 is 4.74 Å². The summed E-state index contributed by atoms with van der Waals surface area (Å²) in [5.74, 6) is 5.64. The van der Waals surface area contributed by atoms with Gasteiger partial charge in [0.15, 0.2) is 0 Å². The molecule has 0 atom stereocenters. The lowest BCUT2D eigenvalue weighted by Crippen LogP contribution is -2.31. The van der Waals surface area contributed by atoms with Crippen molar-refractivity contribution in [3.63, 3.8) is 0 Å². The van der Waals surface area contributed by atoms with Crippen molar-refractivity contribution in [1.82, 2.24) is 5.43 Å². The SMILES string of the molecule is COc1c(C)c(C)c(Br)c(C)c1CC(=O)NN. The van der Waals surface area contributed by atoms with Gasteiger partial charge in [-0.2, -0.15) is 0 Å². The fraction of sp³-hybridized carbons (Fsp3) is 0.417. The molecule has 1 rings (SSSR count). The van der Waals surface area contributed by atoms with Gasteiger partial charge >= 0.3 is 0 Å². The standard InChI is InChI=1S/C12H17BrN2O2/c1-6-7(2)12(17-4)9(5-10(16)15-14)8(3)11(6)13/h5,14H2,1-4H3,(H,15,16). The second-order valence-electron chi connectivity index (χ2n) is 3.95. The van der Waals surface area contributed by atoms with Crippen molar-refractivity contribution in [2.24, 2.45) is 5.84 Å². The maximum absolute atomic E-state index is 11.4. The number of hydrogen-bond acceptors (Lipinski definition) is 3. The van der Waals surface area contributed by atoms with Gasteiger partial charge in [-0.05, 0) is 37.5 Å². The summed E-state index contributed by atoms with van der Waals surface area (Å²) >= 11 is 3.54. The molecule has 17 heavy (non-hydrogen) atoms. The molecular weight excluding hydrogens is 284 g/mol. The van der Waals surface area contributed by atoms with Crippen LogP contribution in [-0.2, 0) is 11.2 Å². The normalized spacial score (nSPS) is 10.2. The molecule has 1 aromatic rings. The third-order valence-corrected chi connectivity index (χ3v) is 4.18. The Balaban J connectivity index is 3.41. The maximum Gasteiger partial charge on any atom is 0.238 e. The van der Waals surface area contributed by atoms with Crippen LogP contribution >= 0.6 is 15.9 Å². The van der Waals surface area contributed by atoms with Crippen LogP contribution in [0.25, 0.3) is 0 Å². The molecule has 94 valence electrons. The van der Waals surface area contributed by atoms with Crippen LogP contribution in [0, 0.1) is 20.8 Å². The van der Waals surface area contributed by atoms with Gasteiger partial charge in [0.1, 0.15) is 5.75 Å². The van der Waals surface area contributed by atoms with E-state index in [-0.39, 0.29) is 12.3 Å². The summed E-state index contributed by atoms with van der Waals surface area (Å²) in [7, 11) is 1.61. The Kier molecular flexibility index (Phi) is 4.54. The Hall–Kier alpha value is -1.07. The first-order valence-corrected chi connectivity index (χ1v) is 6.04. The summed E-state index contributed by atoms with van der Waals surface area (Å²) in [5.41, 5.74) is 6.16. The van der Waals surface area contributed by atoms with E-state index in [0.717, 1.165) is 32.5 Å². The zero-order valence-electron chi connectivity index (χ0n) is 10.5. The largest absolute Gasteiger partial charge is 0.496 e. The lowest BCUT2D eigenvalue weighted by Gasteiger charge is -2.18. The average Bonchev–Trinajstić information content (AvgIpc) is 2.33. The molecule has 0 unspecified atom stereocenters. The number of halogens is 1. The summed E-state index contributed by atoms with van der Waals surface area (Å²) in [6.07, 6.45) is 0.214.